The SMILES string of the molecule is C[C@H]1CC2(C[C@H](C)N1)OCCc1sc(C(F)(F)F)cc12. The van der Waals surface area contributed by atoms with Crippen LogP contribution in [-0.2, 0) is 22.9 Å². The van der Waals surface area contributed by atoms with Gasteiger partial charge in [0.25, 0.3) is 0 Å². The summed E-state index contributed by atoms with van der Waals surface area (Å²) in [6.07, 6.45) is -2.20. The number of piperidine rings is 1. The Labute approximate surface area is 120 Å². The highest BCUT2D eigenvalue weighted by molar-refractivity contribution is 7.12. The van der Waals surface area contributed by atoms with Crippen molar-refractivity contribution in [2.24, 2.45) is 0 Å². The summed E-state index contributed by atoms with van der Waals surface area (Å²) in [6, 6.07) is 1.82. The molecule has 0 aromatic carbocycles. The van der Waals surface area contributed by atoms with Crippen LogP contribution < -0.4 is 5.32 Å². The van der Waals surface area contributed by atoms with Crippen LogP contribution in [0.3, 0.4) is 0 Å². The van der Waals surface area contributed by atoms with Crippen molar-refractivity contribution in [1.29, 1.82) is 0 Å². The molecule has 1 spiro atoms. The first kappa shape index (κ1) is 14.4. The van der Waals surface area contributed by atoms with Crippen molar-refractivity contribution in [3.63, 3.8) is 0 Å². The van der Waals surface area contributed by atoms with E-state index in [2.05, 4.69) is 19.2 Å². The monoisotopic (exact) mass is 305 g/mol. The minimum absolute atomic E-state index is 0.249. The molecule has 2 aliphatic heterocycles. The number of nitrogens with one attached hydrogen (secondary N) is 1. The maximum absolute atomic E-state index is 12.9. The van der Waals surface area contributed by atoms with E-state index >= 15 is 0 Å². The van der Waals surface area contributed by atoms with Gasteiger partial charge in [0, 0.05) is 23.4 Å². The van der Waals surface area contributed by atoms with Gasteiger partial charge in [0.15, 0.2) is 0 Å². The smallest absolute Gasteiger partial charge is 0.370 e. The quantitative estimate of drug-likeness (QED) is 0.789. The minimum atomic E-state index is -4.26. The topological polar surface area (TPSA) is 21.3 Å². The Balaban J connectivity index is 2.03. The summed E-state index contributed by atoms with van der Waals surface area (Å²) < 4.78 is 44.8. The lowest BCUT2D eigenvalue weighted by molar-refractivity contribution is -0.134. The zero-order valence-electron chi connectivity index (χ0n) is 11.5. The van der Waals surface area contributed by atoms with E-state index in [1.165, 1.54) is 6.07 Å². The highest BCUT2D eigenvalue weighted by Gasteiger charge is 2.46. The molecule has 0 radical (unpaired) electrons. The molecule has 3 heterocycles. The zero-order chi connectivity index (χ0) is 14.5. The second kappa shape index (κ2) is 4.71. The van der Waals surface area contributed by atoms with Gasteiger partial charge in [-0.15, -0.1) is 11.3 Å². The molecule has 0 bridgehead atoms. The summed E-state index contributed by atoms with van der Waals surface area (Å²) in [6.45, 7) is 4.64. The molecule has 20 heavy (non-hydrogen) atoms. The average Bonchev–Trinajstić information content (AvgIpc) is 2.72. The Morgan fingerprint density at radius 2 is 1.95 bits per heavy atom. The van der Waals surface area contributed by atoms with Crippen LogP contribution in [0.5, 0.6) is 0 Å². The van der Waals surface area contributed by atoms with Gasteiger partial charge in [-0.25, -0.2) is 0 Å². The van der Waals surface area contributed by atoms with E-state index in [-0.39, 0.29) is 12.1 Å². The van der Waals surface area contributed by atoms with Crippen molar-refractivity contribution in [3.8, 4) is 0 Å². The average molecular weight is 305 g/mol. The van der Waals surface area contributed by atoms with Crippen molar-refractivity contribution in [3.05, 3.63) is 21.4 Å². The van der Waals surface area contributed by atoms with Crippen molar-refractivity contribution >= 4 is 11.3 Å². The molecule has 2 aliphatic rings. The van der Waals surface area contributed by atoms with Gasteiger partial charge in [-0.3, -0.25) is 0 Å². The van der Waals surface area contributed by atoms with Crippen molar-refractivity contribution in [1.82, 2.24) is 5.32 Å². The van der Waals surface area contributed by atoms with Crippen LogP contribution in [0.15, 0.2) is 6.07 Å². The van der Waals surface area contributed by atoms with E-state index in [0.717, 1.165) is 34.6 Å². The lowest BCUT2D eigenvalue weighted by atomic mass is 9.77. The minimum Gasteiger partial charge on any atom is -0.370 e. The number of hydrogen-bond acceptors (Lipinski definition) is 3. The molecule has 1 aromatic rings. The third-order valence-corrected chi connectivity index (χ3v) is 5.37. The Kier molecular flexibility index (Phi) is 3.38. The standard InChI is InChI=1S/C14H18F3NOS/c1-8-6-13(7-9(2)18-8)10-5-12(14(15,16)17)20-11(10)3-4-19-13/h5,8-9,18H,3-4,6-7H2,1-2H3/t8-,9-/m0/s1. The van der Waals surface area contributed by atoms with Gasteiger partial charge in [0.05, 0.1) is 12.2 Å². The number of hydrogen-bond donors (Lipinski definition) is 1. The van der Waals surface area contributed by atoms with E-state index in [1.54, 1.807) is 0 Å². The predicted molar refractivity (Wildman–Crippen MR) is 71.9 cm³/mol. The first-order chi connectivity index (χ1) is 9.30. The molecule has 1 N–H and O–H groups in total. The summed E-state index contributed by atoms with van der Waals surface area (Å²) in [7, 11) is 0. The Hall–Kier alpha value is -0.590. The second-order valence-electron chi connectivity index (χ2n) is 5.92. The number of ether oxygens (including phenoxy) is 1. The van der Waals surface area contributed by atoms with E-state index in [1.807, 2.05) is 0 Å². The number of halogens is 3. The molecule has 0 unspecified atom stereocenters. The maximum atomic E-state index is 12.9. The third kappa shape index (κ3) is 2.38. The molecule has 2 nitrogen and oxygen atoms in total. The van der Waals surface area contributed by atoms with Crippen molar-refractivity contribution in [2.75, 3.05) is 6.61 Å². The van der Waals surface area contributed by atoms with Gasteiger partial charge in [0.2, 0.25) is 0 Å². The van der Waals surface area contributed by atoms with Crippen LogP contribution in [0.2, 0.25) is 0 Å². The summed E-state index contributed by atoms with van der Waals surface area (Å²) >= 11 is 0.887. The van der Waals surface area contributed by atoms with Gasteiger partial charge in [0.1, 0.15) is 4.88 Å². The van der Waals surface area contributed by atoms with Crippen LogP contribution in [0, 0.1) is 0 Å². The van der Waals surface area contributed by atoms with E-state index in [9.17, 15) is 13.2 Å². The fourth-order valence-corrected chi connectivity index (χ4v) is 4.67. The normalized spacial score (nSPS) is 34.2. The molecule has 2 atom stereocenters. The van der Waals surface area contributed by atoms with Crippen LogP contribution in [0.25, 0.3) is 0 Å². The summed E-state index contributed by atoms with van der Waals surface area (Å²) in [4.78, 5) is 0.357. The third-order valence-electron chi connectivity index (χ3n) is 4.13. The molecule has 112 valence electrons. The number of rotatable bonds is 0. The summed E-state index contributed by atoms with van der Waals surface area (Å²) in [5, 5.41) is 3.42. The van der Waals surface area contributed by atoms with Crippen molar-refractivity contribution < 1.29 is 17.9 Å². The van der Waals surface area contributed by atoms with Crippen LogP contribution in [0.4, 0.5) is 13.2 Å². The molecular formula is C14H18F3NOS. The second-order valence-corrected chi connectivity index (χ2v) is 7.05. The lowest BCUT2D eigenvalue weighted by Gasteiger charge is -2.45. The first-order valence-corrected chi connectivity index (χ1v) is 7.72. The molecule has 1 saturated heterocycles. The first-order valence-electron chi connectivity index (χ1n) is 6.90. The van der Waals surface area contributed by atoms with Crippen LogP contribution in [0.1, 0.15) is 42.0 Å². The van der Waals surface area contributed by atoms with Crippen molar-refractivity contribution in [2.45, 2.75) is 57.0 Å². The summed E-state index contributed by atoms with van der Waals surface area (Å²) in [5.41, 5.74) is 0.249. The van der Waals surface area contributed by atoms with Crippen LogP contribution in [-0.4, -0.2) is 18.7 Å². The van der Waals surface area contributed by atoms with Gasteiger partial charge >= 0.3 is 6.18 Å². The van der Waals surface area contributed by atoms with E-state index < -0.39 is 16.7 Å². The molecule has 1 fully saturated rings. The zero-order valence-corrected chi connectivity index (χ0v) is 12.3. The molecule has 6 heteroatoms. The fraction of sp³-hybridized carbons (Fsp3) is 0.714. The van der Waals surface area contributed by atoms with Gasteiger partial charge in [-0.05, 0) is 38.3 Å². The Morgan fingerprint density at radius 1 is 1.30 bits per heavy atom. The molecule has 3 rings (SSSR count). The molecule has 0 amide bonds. The fourth-order valence-electron chi connectivity index (χ4n) is 3.57. The Bertz CT molecular complexity index is 501. The summed E-state index contributed by atoms with van der Waals surface area (Å²) in [5.74, 6) is 0. The Morgan fingerprint density at radius 3 is 2.55 bits per heavy atom. The van der Waals surface area contributed by atoms with E-state index in [0.29, 0.717) is 13.0 Å². The highest BCUT2D eigenvalue weighted by atomic mass is 32.1. The lowest BCUT2D eigenvalue weighted by Crippen LogP contribution is -2.52. The number of thiophene rings is 1. The maximum Gasteiger partial charge on any atom is 0.425 e. The molecule has 0 saturated carbocycles. The molecule has 0 aliphatic carbocycles. The van der Waals surface area contributed by atoms with Gasteiger partial charge in [-0.1, -0.05) is 0 Å². The number of fused-ring (bicyclic) bond motifs is 2. The molecule has 1 aromatic heterocycles. The van der Waals surface area contributed by atoms with E-state index in [4.69, 9.17) is 4.74 Å². The number of alkyl halides is 3. The van der Waals surface area contributed by atoms with Crippen LogP contribution >= 0.6 is 11.3 Å². The van der Waals surface area contributed by atoms with Gasteiger partial charge < -0.3 is 10.1 Å². The van der Waals surface area contributed by atoms with Gasteiger partial charge in [-0.2, -0.15) is 13.2 Å². The largest absolute Gasteiger partial charge is 0.425 e. The highest BCUT2D eigenvalue weighted by Crippen LogP contribution is 2.48. The predicted octanol–water partition coefficient (Wildman–Crippen LogP) is 3.70. The molecular weight excluding hydrogens is 287 g/mol.